The molecule has 0 aliphatic heterocycles. The first-order chi connectivity index (χ1) is 16.6. The molecule has 1 heterocycles. The molecule has 9 nitrogen and oxygen atoms in total. The van der Waals surface area contributed by atoms with Gasteiger partial charge in [-0.15, -0.1) is 0 Å². The number of ether oxygens (including phenoxy) is 1. The van der Waals surface area contributed by atoms with Gasteiger partial charge in [0.15, 0.2) is 5.82 Å². The predicted molar refractivity (Wildman–Crippen MR) is 130 cm³/mol. The van der Waals surface area contributed by atoms with Crippen molar-refractivity contribution in [2.24, 2.45) is 12.5 Å². The number of aromatic nitrogens is 2. The molecular weight excluding hydrogens is 448 g/mol. The Labute approximate surface area is 203 Å². The normalized spacial score (nSPS) is 13.5. The number of benzene rings is 2. The average Bonchev–Trinajstić information content (AvgIpc) is 3.32. The fourth-order valence-electron chi connectivity index (χ4n) is 4.34. The second-order valence-electron chi connectivity index (χ2n) is 9.63. The fraction of sp³-hybridized carbons (Fsp3) is 0.308. The van der Waals surface area contributed by atoms with E-state index in [1.807, 2.05) is 36.4 Å². The van der Waals surface area contributed by atoms with Crippen LogP contribution in [0.4, 0.5) is 10.6 Å². The van der Waals surface area contributed by atoms with Crippen LogP contribution in [-0.4, -0.2) is 45.5 Å². The molecule has 2 amide bonds. The molecule has 2 aromatic carbocycles. The Morgan fingerprint density at radius 3 is 2.17 bits per heavy atom. The van der Waals surface area contributed by atoms with Gasteiger partial charge in [-0.05, 0) is 27.7 Å². The smallest absolute Gasteiger partial charge is 0.412 e. The molecule has 4 rings (SSSR count). The zero-order chi connectivity index (χ0) is 25.3. The molecular formula is C26H28N4O5. The Balaban J connectivity index is 1.46. The summed E-state index contributed by atoms with van der Waals surface area (Å²) in [5, 5.41) is 18.7. The molecule has 0 unspecified atom stereocenters. The maximum atomic E-state index is 12.8. The van der Waals surface area contributed by atoms with E-state index in [2.05, 4.69) is 27.9 Å². The summed E-state index contributed by atoms with van der Waals surface area (Å²) in [4.78, 5) is 37.1. The van der Waals surface area contributed by atoms with Crippen molar-refractivity contribution in [3.63, 3.8) is 0 Å². The minimum absolute atomic E-state index is 0.0136. The van der Waals surface area contributed by atoms with E-state index in [4.69, 9.17) is 4.74 Å². The van der Waals surface area contributed by atoms with E-state index in [0.717, 1.165) is 22.3 Å². The lowest BCUT2D eigenvalue weighted by atomic mass is 9.86. The molecule has 0 fully saturated rings. The van der Waals surface area contributed by atoms with Crippen molar-refractivity contribution in [2.75, 3.05) is 11.9 Å². The number of rotatable bonds is 6. The summed E-state index contributed by atoms with van der Waals surface area (Å²) in [7, 11) is 1.60. The van der Waals surface area contributed by atoms with E-state index >= 15 is 0 Å². The van der Waals surface area contributed by atoms with Gasteiger partial charge in [0.2, 0.25) is 0 Å². The number of anilines is 1. The third-order valence-electron chi connectivity index (χ3n) is 6.03. The number of carboxylic acid groups (broad SMARTS) is 1. The van der Waals surface area contributed by atoms with Crippen LogP contribution in [0.1, 0.15) is 48.2 Å². The van der Waals surface area contributed by atoms with Gasteiger partial charge < -0.3 is 15.2 Å². The monoisotopic (exact) mass is 476 g/mol. The molecule has 0 spiro atoms. The van der Waals surface area contributed by atoms with Crippen molar-refractivity contribution in [1.29, 1.82) is 0 Å². The Hall–Kier alpha value is -4.14. The Morgan fingerprint density at radius 2 is 1.63 bits per heavy atom. The number of amides is 2. The van der Waals surface area contributed by atoms with Gasteiger partial charge in [0.1, 0.15) is 18.2 Å². The van der Waals surface area contributed by atoms with Crippen LogP contribution in [0.5, 0.6) is 0 Å². The molecule has 1 aliphatic rings. The van der Waals surface area contributed by atoms with E-state index in [1.165, 1.54) is 10.9 Å². The summed E-state index contributed by atoms with van der Waals surface area (Å²) in [6, 6.07) is 14.9. The highest BCUT2D eigenvalue weighted by molar-refractivity contribution is 6.02. The Bertz CT molecular complexity index is 1250. The topological polar surface area (TPSA) is 123 Å². The zero-order valence-corrected chi connectivity index (χ0v) is 20.0. The van der Waals surface area contributed by atoms with Crippen LogP contribution in [0, 0.1) is 5.41 Å². The molecule has 182 valence electrons. The number of hydrogen-bond acceptors (Lipinski definition) is 5. The van der Waals surface area contributed by atoms with Crippen LogP contribution in [0.15, 0.2) is 54.7 Å². The van der Waals surface area contributed by atoms with Crippen molar-refractivity contribution in [2.45, 2.75) is 32.7 Å². The molecule has 0 saturated carbocycles. The number of aliphatic carboxylic acids is 1. The molecule has 1 atom stereocenters. The third-order valence-corrected chi connectivity index (χ3v) is 6.03. The molecule has 9 heteroatoms. The van der Waals surface area contributed by atoms with Crippen LogP contribution < -0.4 is 10.6 Å². The maximum absolute atomic E-state index is 12.8. The molecule has 3 aromatic rings. The highest BCUT2D eigenvalue weighted by Gasteiger charge is 2.34. The van der Waals surface area contributed by atoms with Crippen LogP contribution in [0.2, 0.25) is 0 Å². The molecule has 1 aromatic heterocycles. The lowest BCUT2D eigenvalue weighted by Crippen LogP contribution is -2.49. The second-order valence-corrected chi connectivity index (χ2v) is 9.63. The minimum atomic E-state index is -1.15. The van der Waals surface area contributed by atoms with Gasteiger partial charge in [-0.1, -0.05) is 69.3 Å². The molecule has 3 N–H and O–H groups in total. The molecule has 0 bridgehead atoms. The van der Waals surface area contributed by atoms with Crippen molar-refractivity contribution >= 4 is 23.8 Å². The first-order valence-corrected chi connectivity index (χ1v) is 11.3. The quantitative estimate of drug-likeness (QED) is 0.494. The van der Waals surface area contributed by atoms with Crippen LogP contribution in [-0.2, 0) is 16.6 Å². The van der Waals surface area contributed by atoms with Gasteiger partial charge in [-0.25, -0.2) is 9.59 Å². The summed E-state index contributed by atoms with van der Waals surface area (Å²) >= 11 is 0. The lowest BCUT2D eigenvalue weighted by Gasteiger charge is -2.27. The number of carbonyl (C=O) groups is 3. The van der Waals surface area contributed by atoms with Gasteiger partial charge >= 0.3 is 12.1 Å². The van der Waals surface area contributed by atoms with Gasteiger partial charge in [-0.3, -0.25) is 14.8 Å². The lowest BCUT2D eigenvalue weighted by molar-refractivity contribution is -0.142. The highest BCUT2D eigenvalue weighted by atomic mass is 16.5. The van der Waals surface area contributed by atoms with E-state index < -0.39 is 29.4 Å². The van der Waals surface area contributed by atoms with Crippen molar-refractivity contribution in [3.05, 3.63) is 71.4 Å². The molecule has 0 radical (unpaired) electrons. The summed E-state index contributed by atoms with van der Waals surface area (Å²) in [6.07, 6.45) is 0.654. The number of carbonyl (C=O) groups excluding carboxylic acids is 2. The SMILES string of the molecule is Cn1cc(C(=O)N[C@H](C(=O)O)C(C)(C)C)c(NC(=O)OCC2c3ccccc3-c3ccccc32)n1. The first kappa shape index (κ1) is 24.0. The number of fused-ring (bicyclic) bond motifs is 3. The maximum Gasteiger partial charge on any atom is 0.412 e. The molecule has 1 aliphatic carbocycles. The Morgan fingerprint density at radius 1 is 1.06 bits per heavy atom. The first-order valence-electron chi connectivity index (χ1n) is 11.3. The van der Waals surface area contributed by atoms with Crippen LogP contribution in [0.25, 0.3) is 11.1 Å². The standard InChI is InChI=1S/C26H28N4O5/c1-26(2,3)21(24(32)33)27-23(31)19-13-30(4)29-22(19)28-25(34)35-14-20-17-11-7-5-9-15(17)16-10-6-8-12-18(16)20/h5-13,20-21H,14H2,1-4H3,(H,27,31)(H,32,33)(H,28,29,34)/t21-/m1/s1. The summed E-state index contributed by atoms with van der Waals surface area (Å²) in [6.45, 7) is 5.25. The van der Waals surface area contributed by atoms with Gasteiger partial charge in [0.05, 0.1) is 0 Å². The fourth-order valence-corrected chi connectivity index (χ4v) is 4.34. The zero-order valence-electron chi connectivity index (χ0n) is 20.0. The number of carboxylic acids is 1. The van der Waals surface area contributed by atoms with Gasteiger partial charge in [-0.2, -0.15) is 5.10 Å². The summed E-state index contributed by atoms with van der Waals surface area (Å²) < 4.78 is 6.90. The molecule has 35 heavy (non-hydrogen) atoms. The number of aryl methyl sites for hydroxylation is 1. The minimum Gasteiger partial charge on any atom is -0.480 e. The van der Waals surface area contributed by atoms with E-state index in [1.54, 1.807) is 27.8 Å². The average molecular weight is 477 g/mol. The predicted octanol–water partition coefficient (Wildman–Crippen LogP) is 4.01. The Kier molecular flexibility index (Phi) is 6.34. The third kappa shape index (κ3) is 4.89. The highest BCUT2D eigenvalue weighted by Crippen LogP contribution is 2.44. The van der Waals surface area contributed by atoms with Gasteiger partial charge in [0.25, 0.3) is 5.91 Å². The number of hydrogen-bond donors (Lipinski definition) is 3. The van der Waals surface area contributed by atoms with Crippen molar-refractivity contribution < 1.29 is 24.2 Å². The van der Waals surface area contributed by atoms with E-state index in [-0.39, 0.29) is 23.9 Å². The van der Waals surface area contributed by atoms with E-state index in [9.17, 15) is 19.5 Å². The summed E-state index contributed by atoms with van der Waals surface area (Å²) in [5.41, 5.74) is 3.73. The summed E-state index contributed by atoms with van der Waals surface area (Å²) in [5.74, 6) is -1.93. The van der Waals surface area contributed by atoms with E-state index in [0.29, 0.717) is 0 Å². The van der Waals surface area contributed by atoms with Crippen LogP contribution >= 0.6 is 0 Å². The molecule has 0 saturated heterocycles. The van der Waals surface area contributed by atoms with Gasteiger partial charge in [0, 0.05) is 19.2 Å². The van der Waals surface area contributed by atoms with Crippen molar-refractivity contribution in [3.8, 4) is 11.1 Å². The second kappa shape index (κ2) is 9.25. The number of nitrogens with zero attached hydrogens (tertiary/aromatic N) is 2. The largest absolute Gasteiger partial charge is 0.480 e. The van der Waals surface area contributed by atoms with Crippen molar-refractivity contribution in [1.82, 2.24) is 15.1 Å². The number of nitrogens with one attached hydrogen (secondary N) is 2. The van der Waals surface area contributed by atoms with Crippen LogP contribution in [0.3, 0.4) is 0 Å².